The summed E-state index contributed by atoms with van der Waals surface area (Å²) < 4.78 is 64.2. The fourth-order valence-electron chi connectivity index (χ4n) is 1.16. The van der Waals surface area contributed by atoms with Crippen LogP contribution < -0.4 is 0 Å². The van der Waals surface area contributed by atoms with Gasteiger partial charge in [-0.2, -0.15) is 17.2 Å². The van der Waals surface area contributed by atoms with Crippen molar-refractivity contribution in [2.45, 2.75) is 37.7 Å². The van der Waals surface area contributed by atoms with Gasteiger partial charge in [-0.15, -0.1) is 0 Å². The van der Waals surface area contributed by atoms with E-state index < -0.39 is 42.2 Å². The van der Waals surface area contributed by atoms with Crippen molar-refractivity contribution in [2.75, 3.05) is 13.7 Å². The van der Waals surface area contributed by atoms with E-state index in [0.717, 1.165) is 0 Å². The van der Waals surface area contributed by atoms with Crippen LogP contribution in [0.25, 0.3) is 0 Å². The van der Waals surface area contributed by atoms with Crippen LogP contribution in [-0.4, -0.2) is 46.2 Å². The van der Waals surface area contributed by atoms with Crippen LogP contribution in [0.1, 0.15) is 13.3 Å². The van der Waals surface area contributed by atoms with Crippen molar-refractivity contribution >= 4 is 24.4 Å². The quantitative estimate of drug-likeness (QED) is 0.414. The zero-order chi connectivity index (χ0) is 16.2. The molecule has 1 N–H and O–H groups in total. The Kier molecular flexibility index (Phi) is 6.72. The van der Waals surface area contributed by atoms with Crippen LogP contribution in [0, 0.1) is 5.92 Å². The van der Waals surface area contributed by atoms with Crippen molar-refractivity contribution in [3.05, 3.63) is 0 Å². The average Bonchev–Trinajstić information content (AvgIpc) is 2.31. The van der Waals surface area contributed by atoms with Gasteiger partial charge in [0.15, 0.2) is 14.9 Å². The van der Waals surface area contributed by atoms with E-state index in [4.69, 9.17) is 8.98 Å². The summed E-state index contributed by atoms with van der Waals surface area (Å²) in [6, 6.07) is 0.633. The minimum atomic E-state index is -5.59. The molecule has 0 saturated heterocycles. The third-order valence-corrected chi connectivity index (χ3v) is 6.36. The second-order valence-corrected chi connectivity index (χ2v) is 11.1. The number of hydrogen-bond donors (Lipinski definition) is 1. The van der Waals surface area contributed by atoms with E-state index in [2.05, 4.69) is 4.74 Å². The van der Waals surface area contributed by atoms with Crippen LogP contribution in [0.2, 0.25) is 19.1 Å². The molecule has 0 fully saturated rings. The molecule has 0 bridgehead atoms. The Balaban J connectivity index is 4.36. The van der Waals surface area contributed by atoms with Crippen LogP contribution in [0.4, 0.5) is 8.78 Å². The molecule has 6 nitrogen and oxygen atoms in total. The zero-order valence-electron chi connectivity index (χ0n) is 11.9. The average molecular weight is 334 g/mol. The summed E-state index contributed by atoms with van der Waals surface area (Å²) in [5, 5.41) is -4.50. The van der Waals surface area contributed by atoms with Crippen LogP contribution in [0.5, 0.6) is 0 Å². The largest absolute Gasteiger partial charge is 0.458 e. The molecule has 0 aliphatic heterocycles. The van der Waals surface area contributed by atoms with E-state index in [1.165, 1.54) is 6.92 Å². The maximum absolute atomic E-state index is 12.9. The van der Waals surface area contributed by atoms with Crippen molar-refractivity contribution < 1.29 is 35.7 Å². The van der Waals surface area contributed by atoms with Gasteiger partial charge in [0.05, 0.1) is 5.92 Å². The summed E-state index contributed by atoms with van der Waals surface area (Å²) in [6.07, 6.45) is 0.392. The Morgan fingerprint density at radius 1 is 1.40 bits per heavy atom. The lowest BCUT2D eigenvalue weighted by molar-refractivity contribution is -0.154. The number of esters is 1. The molecule has 0 aliphatic carbocycles. The Hall–Kier alpha value is -0.583. The maximum atomic E-state index is 12.9. The molecule has 0 spiro atoms. The minimum Gasteiger partial charge on any atom is -0.458 e. The highest BCUT2D eigenvalue weighted by atomic mass is 32.2. The summed E-state index contributed by atoms with van der Waals surface area (Å²) >= 11 is 0. The molecule has 0 aromatic heterocycles. The first-order chi connectivity index (χ1) is 8.82. The van der Waals surface area contributed by atoms with E-state index in [1.54, 1.807) is 7.11 Å². The normalized spacial score (nSPS) is 14.9. The van der Waals surface area contributed by atoms with Gasteiger partial charge in [-0.3, -0.25) is 9.35 Å². The van der Waals surface area contributed by atoms with Crippen LogP contribution in [0.3, 0.4) is 0 Å². The third-order valence-electron chi connectivity index (χ3n) is 2.89. The van der Waals surface area contributed by atoms with Crippen molar-refractivity contribution in [3.8, 4) is 0 Å². The number of ether oxygens (including phenoxy) is 1. The summed E-state index contributed by atoms with van der Waals surface area (Å²) in [6.45, 7) is 3.68. The van der Waals surface area contributed by atoms with Crippen LogP contribution >= 0.6 is 0 Å². The number of hydrogen-bond acceptors (Lipinski definition) is 5. The van der Waals surface area contributed by atoms with Crippen molar-refractivity contribution in [3.63, 3.8) is 0 Å². The Labute approximate surface area is 118 Å². The SMILES string of the molecule is CO[Si](C)(C)CCC(C)C(=O)OCC(F)(F)S(=O)(=O)O. The fraction of sp³-hybridized carbons (Fsp3) is 0.900. The van der Waals surface area contributed by atoms with E-state index in [0.29, 0.717) is 12.5 Å². The number of carbonyl (C=O) groups is 1. The predicted molar refractivity (Wildman–Crippen MR) is 70.5 cm³/mol. The minimum absolute atomic E-state index is 0.392. The molecule has 0 aliphatic rings. The van der Waals surface area contributed by atoms with Gasteiger partial charge in [-0.05, 0) is 25.6 Å². The molecular formula is C10H20F2O6SSi. The molecule has 0 radical (unpaired) electrons. The summed E-state index contributed by atoms with van der Waals surface area (Å²) in [4.78, 5) is 11.5. The molecular weight excluding hydrogens is 314 g/mol. The summed E-state index contributed by atoms with van der Waals surface area (Å²) in [7, 11) is -5.88. The van der Waals surface area contributed by atoms with E-state index in [1.807, 2.05) is 13.1 Å². The maximum Gasteiger partial charge on any atom is 0.402 e. The van der Waals surface area contributed by atoms with E-state index in [9.17, 15) is 22.0 Å². The van der Waals surface area contributed by atoms with Gasteiger partial charge in [0, 0.05) is 7.11 Å². The van der Waals surface area contributed by atoms with Crippen LogP contribution in [0.15, 0.2) is 0 Å². The van der Waals surface area contributed by atoms with E-state index >= 15 is 0 Å². The van der Waals surface area contributed by atoms with Gasteiger partial charge in [-0.25, -0.2) is 0 Å². The molecule has 120 valence electrons. The van der Waals surface area contributed by atoms with Gasteiger partial charge in [0.2, 0.25) is 0 Å². The molecule has 0 heterocycles. The lowest BCUT2D eigenvalue weighted by Gasteiger charge is -2.21. The monoisotopic (exact) mass is 334 g/mol. The molecule has 0 amide bonds. The first-order valence-electron chi connectivity index (χ1n) is 5.89. The summed E-state index contributed by atoms with van der Waals surface area (Å²) in [5.41, 5.74) is 0. The van der Waals surface area contributed by atoms with Gasteiger partial charge < -0.3 is 9.16 Å². The highest BCUT2D eigenvalue weighted by Crippen LogP contribution is 2.22. The van der Waals surface area contributed by atoms with Gasteiger partial charge in [0.25, 0.3) is 0 Å². The number of alkyl halides is 2. The molecule has 0 rings (SSSR count). The molecule has 0 aromatic carbocycles. The van der Waals surface area contributed by atoms with Gasteiger partial charge in [0.1, 0.15) is 0 Å². The lowest BCUT2D eigenvalue weighted by Crippen LogP contribution is -2.36. The topological polar surface area (TPSA) is 89.9 Å². The molecule has 20 heavy (non-hydrogen) atoms. The second-order valence-electron chi connectivity index (χ2n) is 5.12. The van der Waals surface area contributed by atoms with Crippen molar-refractivity contribution in [1.29, 1.82) is 0 Å². The summed E-state index contributed by atoms with van der Waals surface area (Å²) in [5.74, 6) is -1.59. The zero-order valence-corrected chi connectivity index (χ0v) is 13.7. The first kappa shape index (κ1) is 19.4. The molecule has 0 saturated carbocycles. The Bertz CT molecular complexity index is 437. The molecule has 1 unspecified atom stereocenters. The second kappa shape index (κ2) is 6.92. The highest BCUT2D eigenvalue weighted by molar-refractivity contribution is 7.86. The van der Waals surface area contributed by atoms with Crippen LogP contribution in [-0.2, 0) is 24.1 Å². The standard InChI is InChI=1S/C10H20F2O6SSi/c1-8(5-6-20(3,4)17-2)9(13)18-7-10(11,12)19(14,15)16/h8H,5-7H2,1-4H3,(H,14,15,16). The molecule has 1 atom stereocenters. The first-order valence-corrected chi connectivity index (χ1v) is 10.4. The third kappa shape index (κ3) is 6.24. The predicted octanol–water partition coefficient (Wildman–Crippen LogP) is 1.89. The fourth-order valence-corrected chi connectivity index (χ4v) is 2.70. The molecule has 10 heteroatoms. The lowest BCUT2D eigenvalue weighted by atomic mass is 10.1. The number of rotatable bonds is 8. The molecule has 0 aromatic rings. The van der Waals surface area contributed by atoms with E-state index in [-0.39, 0.29) is 0 Å². The number of carbonyl (C=O) groups excluding carboxylic acids is 1. The van der Waals surface area contributed by atoms with Crippen molar-refractivity contribution in [1.82, 2.24) is 0 Å². The van der Waals surface area contributed by atoms with Crippen molar-refractivity contribution in [2.24, 2.45) is 5.92 Å². The number of halogens is 2. The van der Waals surface area contributed by atoms with Gasteiger partial charge in [-0.1, -0.05) is 6.92 Å². The Morgan fingerprint density at radius 3 is 2.30 bits per heavy atom. The smallest absolute Gasteiger partial charge is 0.402 e. The Morgan fingerprint density at radius 2 is 1.90 bits per heavy atom. The van der Waals surface area contributed by atoms with Gasteiger partial charge >= 0.3 is 21.3 Å². The highest BCUT2D eigenvalue weighted by Gasteiger charge is 2.45.